The average molecular weight is 308 g/mol. The van der Waals surface area contributed by atoms with Gasteiger partial charge in [-0.2, -0.15) is 0 Å². The van der Waals surface area contributed by atoms with E-state index in [9.17, 15) is 4.79 Å². The number of thioether (sulfide) groups is 1. The quantitative estimate of drug-likeness (QED) is 0.607. The summed E-state index contributed by atoms with van der Waals surface area (Å²) in [4.78, 5) is 13.1. The second kappa shape index (κ2) is 7.32. The number of carbonyl (C=O) groups excluding carboxylic acids is 1. The Hall–Kier alpha value is -1.00. The van der Waals surface area contributed by atoms with Crippen molar-refractivity contribution in [2.45, 2.75) is 62.7 Å². The molecule has 116 valence electrons. The normalized spacial score (nSPS) is 22.2. The van der Waals surface area contributed by atoms with E-state index in [1.807, 2.05) is 50.7 Å². The van der Waals surface area contributed by atoms with Crippen LogP contribution >= 0.6 is 11.8 Å². The van der Waals surface area contributed by atoms with Crippen molar-refractivity contribution in [3.63, 3.8) is 0 Å². The fourth-order valence-electron chi connectivity index (χ4n) is 2.33. The molecule has 3 nitrogen and oxygen atoms in total. The van der Waals surface area contributed by atoms with Crippen molar-refractivity contribution in [3.05, 3.63) is 30.3 Å². The van der Waals surface area contributed by atoms with Crippen LogP contribution < -0.4 is 0 Å². The van der Waals surface area contributed by atoms with Gasteiger partial charge in [-0.1, -0.05) is 18.2 Å². The highest BCUT2D eigenvalue weighted by molar-refractivity contribution is 7.99. The van der Waals surface area contributed by atoms with Crippen molar-refractivity contribution in [3.8, 4) is 0 Å². The van der Waals surface area contributed by atoms with Crippen molar-refractivity contribution < 1.29 is 14.3 Å². The van der Waals surface area contributed by atoms with Gasteiger partial charge in [-0.3, -0.25) is 4.79 Å². The van der Waals surface area contributed by atoms with Gasteiger partial charge >= 0.3 is 5.97 Å². The molecule has 1 aliphatic rings. The van der Waals surface area contributed by atoms with Crippen molar-refractivity contribution in [1.82, 2.24) is 0 Å². The van der Waals surface area contributed by atoms with Gasteiger partial charge in [-0.05, 0) is 45.7 Å². The second-order valence-electron chi connectivity index (χ2n) is 6.37. The lowest BCUT2D eigenvalue weighted by Crippen LogP contribution is -2.26. The first-order chi connectivity index (χ1) is 9.92. The Labute approximate surface area is 131 Å². The zero-order valence-electron chi connectivity index (χ0n) is 13.0. The van der Waals surface area contributed by atoms with Crippen LogP contribution in [0.15, 0.2) is 35.2 Å². The third-order valence-corrected chi connectivity index (χ3v) is 4.33. The number of carbonyl (C=O) groups is 1. The highest BCUT2D eigenvalue weighted by Crippen LogP contribution is 2.28. The van der Waals surface area contributed by atoms with Gasteiger partial charge in [0, 0.05) is 10.6 Å². The van der Waals surface area contributed by atoms with Gasteiger partial charge in [-0.25, -0.2) is 0 Å². The van der Waals surface area contributed by atoms with E-state index in [0.29, 0.717) is 6.42 Å². The van der Waals surface area contributed by atoms with Gasteiger partial charge in [0.15, 0.2) is 0 Å². The average Bonchev–Trinajstić information content (AvgIpc) is 2.83. The number of benzene rings is 1. The molecular weight excluding hydrogens is 284 g/mol. The molecule has 0 saturated carbocycles. The van der Waals surface area contributed by atoms with Crippen LogP contribution in [0, 0.1) is 0 Å². The van der Waals surface area contributed by atoms with Gasteiger partial charge in [-0.15, -0.1) is 11.8 Å². The molecule has 1 aliphatic heterocycles. The Morgan fingerprint density at radius 1 is 1.24 bits per heavy atom. The van der Waals surface area contributed by atoms with E-state index in [1.165, 1.54) is 4.90 Å². The Kier molecular flexibility index (Phi) is 5.71. The van der Waals surface area contributed by atoms with E-state index >= 15 is 0 Å². The molecule has 0 amide bonds. The fourth-order valence-corrected chi connectivity index (χ4v) is 3.30. The maximum atomic E-state index is 11.8. The molecule has 2 rings (SSSR count). The van der Waals surface area contributed by atoms with Crippen LogP contribution in [0.3, 0.4) is 0 Å². The summed E-state index contributed by atoms with van der Waals surface area (Å²) in [6, 6.07) is 10.3. The summed E-state index contributed by atoms with van der Waals surface area (Å²) in [7, 11) is 0. The standard InChI is InChI=1S/C17H24O3S/c1-17(2,3)20-16(18)11-13-9-10-14(19-13)12-21-15-7-5-4-6-8-15/h4-8,13-14H,9-12H2,1-3H3/t13-,14+/m1/s1. The smallest absolute Gasteiger partial charge is 0.308 e. The van der Waals surface area contributed by atoms with Crippen molar-refractivity contribution in [2.75, 3.05) is 5.75 Å². The zero-order valence-corrected chi connectivity index (χ0v) is 13.8. The minimum Gasteiger partial charge on any atom is -0.460 e. The van der Waals surface area contributed by atoms with Gasteiger partial charge in [0.05, 0.1) is 18.6 Å². The molecule has 0 bridgehead atoms. The maximum absolute atomic E-state index is 11.8. The molecule has 0 unspecified atom stereocenters. The second-order valence-corrected chi connectivity index (χ2v) is 7.47. The molecule has 0 N–H and O–H groups in total. The summed E-state index contributed by atoms with van der Waals surface area (Å²) in [5.74, 6) is 0.776. The maximum Gasteiger partial charge on any atom is 0.308 e. The van der Waals surface area contributed by atoms with E-state index in [4.69, 9.17) is 9.47 Å². The lowest BCUT2D eigenvalue weighted by molar-refractivity contribution is -0.157. The Morgan fingerprint density at radius 2 is 1.90 bits per heavy atom. The van der Waals surface area contributed by atoms with Gasteiger partial charge in [0.2, 0.25) is 0 Å². The zero-order chi connectivity index (χ0) is 15.3. The minimum absolute atomic E-state index is 0.0150. The lowest BCUT2D eigenvalue weighted by atomic mass is 10.1. The molecule has 1 heterocycles. The summed E-state index contributed by atoms with van der Waals surface area (Å²) >= 11 is 1.81. The fraction of sp³-hybridized carbons (Fsp3) is 0.588. The molecule has 21 heavy (non-hydrogen) atoms. The van der Waals surface area contributed by atoms with Crippen molar-refractivity contribution in [1.29, 1.82) is 0 Å². The van der Waals surface area contributed by atoms with Crippen LogP contribution in [0.4, 0.5) is 0 Å². The first kappa shape index (κ1) is 16.4. The molecule has 1 fully saturated rings. The van der Waals surface area contributed by atoms with Gasteiger partial charge in [0.25, 0.3) is 0 Å². The number of rotatable bonds is 5. The summed E-state index contributed by atoms with van der Waals surface area (Å²) in [6.07, 6.45) is 2.58. The molecule has 1 saturated heterocycles. The molecular formula is C17H24O3S. The lowest BCUT2D eigenvalue weighted by Gasteiger charge is -2.21. The van der Waals surface area contributed by atoms with Crippen LogP contribution in [0.1, 0.15) is 40.0 Å². The first-order valence-corrected chi connectivity index (χ1v) is 8.46. The Balaban J connectivity index is 1.70. The van der Waals surface area contributed by atoms with Gasteiger partial charge < -0.3 is 9.47 Å². The summed E-state index contributed by atoms with van der Waals surface area (Å²) < 4.78 is 11.3. The van der Waals surface area contributed by atoms with Gasteiger partial charge in [0.1, 0.15) is 5.60 Å². The van der Waals surface area contributed by atoms with Crippen LogP contribution in [0.2, 0.25) is 0 Å². The topological polar surface area (TPSA) is 35.5 Å². The highest BCUT2D eigenvalue weighted by atomic mass is 32.2. The van der Waals surface area contributed by atoms with Crippen molar-refractivity contribution >= 4 is 17.7 Å². The first-order valence-electron chi connectivity index (χ1n) is 7.47. The van der Waals surface area contributed by atoms with E-state index < -0.39 is 5.60 Å². The molecule has 4 heteroatoms. The SMILES string of the molecule is CC(C)(C)OC(=O)C[C@H]1CC[C@@H](CSc2ccccc2)O1. The summed E-state index contributed by atoms with van der Waals surface area (Å²) in [5, 5.41) is 0. The van der Waals surface area contributed by atoms with E-state index in [0.717, 1.165) is 18.6 Å². The van der Waals surface area contributed by atoms with E-state index in [-0.39, 0.29) is 18.2 Å². The van der Waals surface area contributed by atoms with E-state index in [2.05, 4.69) is 12.1 Å². The van der Waals surface area contributed by atoms with Crippen molar-refractivity contribution in [2.24, 2.45) is 0 Å². The molecule has 0 radical (unpaired) electrons. The summed E-state index contributed by atoms with van der Waals surface area (Å²) in [5.41, 5.74) is -0.418. The number of hydrogen-bond donors (Lipinski definition) is 0. The van der Waals surface area contributed by atoms with Crippen LogP contribution in [0.25, 0.3) is 0 Å². The highest BCUT2D eigenvalue weighted by Gasteiger charge is 2.28. The molecule has 1 aromatic rings. The number of esters is 1. The Morgan fingerprint density at radius 3 is 2.57 bits per heavy atom. The number of hydrogen-bond acceptors (Lipinski definition) is 4. The van der Waals surface area contributed by atoms with Crippen LogP contribution in [0.5, 0.6) is 0 Å². The number of ether oxygens (including phenoxy) is 2. The van der Waals surface area contributed by atoms with Crippen LogP contribution in [-0.2, 0) is 14.3 Å². The molecule has 2 atom stereocenters. The van der Waals surface area contributed by atoms with Crippen LogP contribution in [-0.4, -0.2) is 29.5 Å². The molecule has 0 aromatic heterocycles. The molecule has 1 aromatic carbocycles. The monoisotopic (exact) mass is 308 g/mol. The molecule has 0 aliphatic carbocycles. The largest absolute Gasteiger partial charge is 0.460 e. The third kappa shape index (κ3) is 6.10. The molecule has 0 spiro atoms. The predicted octanol–water partition coefficient (Wildman–Crippen LogP) is 4.06. The third-order valence-electron chi connectivity index (χ3n) is 3.19. The predicted molar refractivity (Wildman–Crippen MR) is 85.5 cm³/mol. The Bertz CT molecular complexity index is 453. The summed E-state index contributed by atoms with van der Waals surface area (Å²) in [6.45, 7) is 5.67. The van der Waals surface area contributed by atoms with E-state index in [1.54, 1.807) is 0 Å². The minimum atomic E-state index is -0.418.